The van der Waals surface area contributed by atoms with Gasteiger partial charge in [0.2, 0.25) is 0 Å². The molecule has 0 aliphatic carbocycles. The van der Waals surface area contributed by atoms with Gasteiger partial charge in [0.1, 0.15) is 0 Å². The number of anilines is 1. The number of aliphatic imine (C=N–C) groups is 1. The molecule has 1 aromatic heterocycles. The van der Waals surface area contributed by atoms with E-state index in [1.165, 1.54) is 0 Å². The van der Waals surface area contributed by atoms with E-state index < -0.39 is 0 Å². The number of thiazole rings is 1. The molecule has 2 rings (SSSR count). The fourth-order valence-corrected chi connectivity index (χ4v) is 3.37. The Labute approximate surface area is 184 Å². The van der Waals surface area contributed by atoms with Crippen molar-refractivity contribution in [2.24, 2.45) is 10.9 Å². The van der Waals surface area contributed by atoms with Crippen LogP contribution >= 0.6 is 35.3 Å². The van der Waals surface area contributed by atoms with Crippen LogP contribution < -0.4 is 15.5 Å². The van der Waals surface area contributed by atoms with Crippen molar-refractivity contribution < 1.29 is 9.47 Å². The lowest BCUT2D eigenvalue weighted by atomic mass is 10.0. The summed E-state index contributed by atoms with van der Waals surface area (Å²) in [4.78, 5) is 11.2. The van der Waals surface area contributed by atoms with Gasteiger partial charge in [0.25, 0.3) is 0 Å². The van der Waals surface area contributed by atoms with Gasteiger partial charge in [0, 0.05) is 59.0 Å². The number of ether oxygens (including phenoxy) is 2. The third kappa shape index (κ3) is 9.91. The Balaban J connectivity index is 0.00000364. The summed E-state index contributed by atoms with van der Waals surface area (Å²) in [5.74, 6) is 1.50. The van der Waals surface area contributed by atoms with Crippen molar-refractivity contribution in [3.05, 3.63) is 11.1 Å². The zero-order chi connectivity index (χ0) is 18.6. The van der Waals surface area contributed by atoms with E-state index in [9.17, 15) is 0 Å². The molecule has 1 fully saturated rings. The second-order valence-corrected chi connectivity index (χ2v) is 7.46. The van der Waals surface area contributed by atoms with Gasteiger partial charge in [0.15, 0.2) is 11.1 Å². The molecule has 2 heterocycles. The van der Waals surface area contributed by atoms with Gasteiger partial charge in [-0.05, 0) is 32.1 Å². The zero-order valence-electron chi connectivity index (χ0n) is 16.7. The van der Waals surface area contributed by atoms with Gasteiger partial charge in [-0.25, -0.2) is 9.98 Å². The molecule has 1 aliphatic rings. The van der Waals surface area contributed by atoms with Crippen LogP contribution in [0.15, 0.2) is 10.4 Å². The average Bonchev–Trinajstić information content (AvgIpc) is 3.12. The van der Waals surface area contributed by atoms with Crippen LogP contribution in [0, 0.1) is 5.92 Å². The van der Waals surface area contributed by atoms with E-state index in [0.717, 1.165) is 75.6 Å². The fourth-order valence-electron chi connectivity index (χ4n) is 2.62. The first-order chi connectivity index (χ1) is 12.7. The van der Waals surface area contributed by atoms with Gasteiger partial charge in [0.05, 0.1) is 12.2 Å². The van der Waals surface area contributed by atoms with Crippen molar-refractivity contribution >= 4 is 46.4 Å². The van der Waals surface area contributed by atoms with Crippen LogP contribution in [0.25, 0.3) is 0 Å². The topological polar surface area (TPSA) is 71.0 Å². The maximum absolute atomic E-state index is 5.80. The Morgan fingerprint density at radius 1 is 1.37 bits per heavy atom. The molecule has 1 aromatic rings. The van der Waals surface area contributed by atoms with Crippen LogP contribution in [0.3, 0.4) is 0 Å². The van der Waals surface area contributed by atoms with Gasteiger partial charge in [-0.3, -0.25) is 0 Å². The highest BCUT2D eigenvalue weighted by atomic mass is 127. The van der Waals surface area contributed by atoms with Gasteiger partial charge in [-0.2, -0.15) is 0 Å². The number of hydrogen-bond donors (Lipinski definition) is 2. The smallest absolute Gasteiger partial charge is 0.191 e. The number of aromatic nitrogens is 1. The van der Waals surface area contributed by atoms with Crippen molar-refractivity contribution in [3.63, 3.8) is 0 Å². The summed E-state index contributed by atoms with van der Waals surface area (Å²) in [6.07, 6.45) is 3.22. The summed E-state index contributed by atoms with van der Waals surface area (Å²) < 4.78 is 11.2. The van der Waals surface area contributed by atoms with E-state index in [0.29, 0.717) is 12.5 Å². The lowest BCUT2D eigenvalue weighted by molar-refractivity contribution is 0.0203. The molecular formula is C18H34IN5O2S. The average molecular weight is 511 g/mol. The predicted octanol–water partition coefficient (Wildman–Crippen LogP) is 2.72. The molecule has 27 heavy (non-hydrogen) atoms. The molecule has 0 aromatic carbocycles. The van der Waals surface area contributed by atoms with Gasteiger partial charge < -0.3 is 25.0 Å². The molecule has 1 aliphatic heterocycles. The summed E-state index contributed by atoms with van der Waals surface area (Å²) in [7, 11) is 4.00. The van der Waals surface area contributed by atoms with Crippen molar-refractivity contribution in [1.29, 1.82) is 0 Å². The Morgan fingerprint density at radius 2 is 2.15 bits per heavy atom. The quantitative estimate of drug-likeness (QED) is 0.218. The normalized spacial score (nSPS) is 15.3. The summed E-state index contributed by atoms with van der Waals surface area (Å²) in [5.41, 5.74) is 0.996. The van der Waals surface area contributed by atoms with Gasteiger partial charge in [-0.15, -0.1) is 35.3 Å². The second kappa shape index (κ2) is 14.4. The summed E-state index contributed by atoms with van der Waals surface area (Å²) >= 11 is 1.64. The molecule has 9 heteroatoms. The highest BCUT2D eigenvalue weighted by Gasteiger charge is 2.13. The van der Waals surface area contributed by atoms with Crippen LogP contribution in [0.4, 0.5) is 5.13 Å². The minimum atomic E-state index is 0. The fraction of sp³-hybridized carbons (Fsp3) is 0.778. The largest absolute Gasteiger partial charge is 0.381 e. The molecule has 2 N–H and O–H groups in total. The number of nitrogens with zero attached hydrogens (tertiary/aromatic N) is 3. The highest BCUT2D eigenvalue weighted by molar-refractivity contribution is 14.0. The third-order valence-electron chi connectivity index (χ3n) is 4.12. The van der Waals surface area contributed by atoms with Crippen molar-refractivity contribution in [1.82, 2.24) is 15.6 Å². The number of halogens is 1. The lowest BCUT2D eigenvalue weighted by Gasteiger charge is -2.21. The van der Waals surface area contributed by atoms with E-state index in [-0.39, 0.29) is 24.0 Å². The predicted molar refractivity (Wildman–Crippen MR) is 124 cm³/mol. The molecule has 0 radical (unpaired) electrons. The SMILES string of the molecule is CCNC(=NCc1csc(N(C)C)n1)NCCCOCC1CCOCC1.I. The summed E-state index contributed by atoms with van der Waals surface area (Å²) in [6.45, 7) is 7.74. The van der Waals surface area contributed by atoms with Crippen molar-refractivity contribution in [2.75, 3.05) is 58.5 Å². The van der Waals surface area contributed by atoms with Crippen LogP contribution in [0.5, 0.6) is 0 Å². The maximum atomic E-state index is 5.80. The number of nitrogens with one attached hydrogen (secondary N) is 2. The first-order valence-electron chi connectivity index (χ1n) is 9.48. The number of guanidine groups is 1. The molecule has 156 valence electrons. The van der Waals surface area contributed by atoms with Crippen LogP contribution in [-0.2, 0) is 16.0 Å². The Bertz CT molecular complexity index is 536. The van der Waals surface area contributed by atoms with E-state index in [1.807, 2.05) is 19.0 Å². The second-order valence-electron chi connectivity index (χ2n) is 6.62. The molecule has 7 nitrogen and oxygen atoms in total. The summed E-state index contributed by atoms with van der Waals surface area (Å²) in [6, 6.07) is 0. The molecule has 1 saturated heterocycles. The standard InChI is InChI=1S/C18H33N5O2S.HI/c1-4-19-17(21-12-16-14-26-18(22-16)23(2)3)20-8-5-9-25-13-15-6-10-24-11-7-15;/h14-15H,4-13H2,1-3H3,(H2,19,20,21);1H. The van der Waals surface area contributed by atoms with E-state index >= 15 is 0 Å². The monoisotopic (exact) mass is 511 g/mol. The third-order valence-corrected chi connectivity index (χ3v) is 5.18. The number of hydrogen-bond acceptors (Lipinski definition) is 6. The molecule has 0 spiro atoms. The Kier molecular flexibility index (Phi) is 13.0. The van der Waals surface area contributed by atoms with Gasteiger partial charge in [-0.1, -0.05) is 0 Å². The molecule has 0 amide bonds. The minimum Gasteiger partial charge on any atom is -0.381 e. The first kappa shape index (κ1) is 24.4. The Morgan fingerprint density at radius 3 is 2.81 bits per heavy atom. The first-order valence-corrected chi connectivity index (χ1v) is 10.4. The molecule has 0 bridgehead atoms. The van der Waals surface area contributed by atoms with Crippen molar-refractivity contribution in [2.45, 2.75) is 32.7 Å². The van der Waals surface area contributed by atoms with E-state index in [2.05, 4.69) is 32.9 Å². The van der Waals surface area contributed by atoms with Gasteiger partial charge >= 0.3 is 0 Å². The van der Waals surface area contributed by atoms with Crippen LogP contribution in [0.2, 0.25) is 0 Å². The zero-order valence-corrected chi connectivity index (χ0v) is 19.8. The van der Waals surface area contributed by atoms with E-state index in [1.54, 1.807) is 11.3 Å². The molecule has 0 saturated carbocycles. The Hall–Kier alpha value is -0.650. The molecular weight excluding hydrogens is 477 g/mol. The molecule has 0 unspecified atom stereocenters. The van der Waals surface area contributed by atoms with Crippen LogP contribution in [0.1, 0.15) is 31.9 Å². The lowest BCUT2D eigenvalue weighted by Crippen LogP contribution is -2.38. The van der Waals surface area contributed by atoms with Crippen molar-refractivity contribution in [3.8, 4) is 0 Å². The maximum Gasteiger partial charge on any atom is 0.191 e. The minimum absolute atomic E-state index is 0. The molecule has 0 atom stereocenters. The summed E-state index contributed by atoms with van der Waals surface area (Å²) in [5, 5.41) is 9.71. The number of rotatable bonds is 10. The van der Waals surface area contributed by atoms with E-state index in [4.69, 9.17) is 9.47 Å². The van der Waals surface area contributed by atoms with Crippen LogP contribution in [-0.4, -0.2) is 64.6 Å². The highest BCUT2D eigenvalue weighted by Crippen LogP contribution is 2.18.